The zero-order valence-electron chi connectivity index (χ0n) is 24.5. The minimum absolute atomic E-state index is 0.0473. The van der Waals surface area contributed by atoms with Gasteiger partial charge in [-0.15, -0.1) is 0 Å². The molecule has 0 aliphatic carbocycles. The van der Waals surface area contributed by atoms with Crippen LogP contribution in [0.15, 0.2) is 72.8 Å². The minimum atomic E-state index is -0.389. The van der Waals surface area contributed by atoms with E-state index in [-0.39, 0.29) is 35.5 Å². The normalized spacial score (nSPS) is 21.0. The highest BCUT2D eigenvalue weighted by Crippen LogP contribution is 2.51. The van der Waals surface area contributed by atoms with E-state index in [1.54, 1.807) is 12.1 Å². The maximum absolute atomic E-state index is 13.6. The molecule has 0 unspecified atom stereocenters. The van der Waals surface area contributed by atoms with Gasteiger partial charge in [0.15, 0.2) is 0 Å². The van der Waals surface area contributed by atoms with Crippen molar-refractivity contribution in [1.82, 2.24) is 9.80 Å². The number of fused-ring (bicyclic) bond motifs is 3. The summed E-state index contributed by atoms with van der Waals surface area (Å²) < 4.78 is 32.8. The topological polar surface area (TPSA) is 51.2 Å². The quantitative estimate of drug-likeness (QED) is 0.288. The molecule has 0 bridgehead atoms. The average Bonchev–Trinajstić information content (AvgIpc) is 2.95. The van der Waals surface area contributed by atoms with Crippen LogP contribution in [0.4, 0.5) is 4.39 Å². The first-order valence-electron chi connectivity index (χ1n) is 14.5. The van der Waals surface area contributed by atoms with Gasteiger partial charge in [-0.3, -0.25) is 4.79 Å². The number of amides is 1. The van der Waals surface area contributed by atoms with E-state index < -0.39 is 0 Å². The molecule has 0 aromatic heterocycles. The number of likely N-dealkylation sites (N-methyl/N-ethyl adjacent to an activating group) is 1. The number of benzene rings is 3. The molecule has 2 aliphatic rings. The number of carbonyl (C=O) groups is 1. The van der Waals surface area contributed by atoms with Gasteiger partial charge in [-0.1, -0.05) is 42.5 Å². The highest BCUT2D eigenvalue weighted by molar-refractivity contribution is 5.76. The van der Waals surface area contributed by atoms with Gasteiger partial charge in [0.05, 0.1) is 18.6 Å². The van der Waals surface area contributed by atoms with Crippen LogP contribution in [0.2, 0.25) is 0 Å². The Kier molecular flexibility index (Phi) is 8.95. The summed E-state index contributed by atoms with van der Waals surface area (Å²) in [5.74, 6) is 1.50. The van der Waals surface area contributed by atoms with Gasteiger partial charge >= 0.3 is 0 Å². The lowest BCUT2D eigenvalue weighted by atomic mass is 9.75. The monoisotopic (exact) mass is 560 g/mol. The lowest BCUT2D eigenvalue weighted by molar-refractivity contribution is -0.160. The Morgan fingerprint density at radius 1 is 0.976 bits per heavy atom. The summed E-state index contributed by atoms with van der Waals surface area (Å²) in [7, 11) is 3.99. The fourth-order valence-electron chi connectivity index (χ4n) is 5.82. The van der Waals surface area contributed by atoms with E-state index in [2.05, 4.69) is 18.7 Å². The minimum Gasteiger partial charge on any atom is -0.489 e. The standard InChI is InChI=1S/C34H41FN2O4/c1-34(2)30-16-14-28(21-32(38)37(19-18-36(3)4)22-24-10-12-26(35)13-11-24)40-33(30)29-20-27(15-17-31(29)41-34)39-23-25-8-6-5-7-9-25/h5-13,15,17,20,28,30,33H,14,16,18-19,21-23H2,1-4H3/t28-,30+,33-/m0/s1. The molecule has 6 nitrogen and oxygen atoms in total. The van der Waals surface area contributed by atoms with Gasteiger partial charge in [0.2, 0.25) is 5.91 Å². The molecule has 41 heavy (non-hydrogen) atoms. The third-order valence-corrected chi connectivity index (χ3v) is 8.17. The molecule has 7 heteroatoms. The predicted molar refractivity (Wildman–Crippen MR) is 157 cm³/mol. The second-order valence-corrected chi connectivity index (χ2v) is 12.0. The number of ether oxygens (including phenoxy) is 3. The Hall–Kier alpha value is -3.42. The van der Waals surface area contributed by atoms with Crippen LogP contribution in [0, 0.1) is 11.7 Å². The molecule has 0 radical (unpaired) electrons. The molecule has 0 spiro atoms. The molecule has 3 aromatic rings. The fraction of sp³-hybridized carbons (Fsp3) is 0.441. The summed E-state index contributed by atoms with van der Waals surface area (Å²) in [4.78, 5) is 17.5. The van der Waals surface area contributed by atoms with E-state index in [1.807, 2.05) is 67.5 Å². The van der Waals surface area contributed by atoms with Crippen LogP contribution >= 0.6 is 0 Å². The van der Waals surface area contributed by atoms with Gasteiger partial charge in [0.25, 0.3) is 0 Å². The number of halogens is 1. The zero-order chi connectivity index (χ0) is 29.0. The Morgan fingerprint density at radius 3 is 2.46 bits per heavy atom. The van der Waals surface area contributed by atoms with Gasteiger partial charge in [-0.25, -0.2) is 4.39 Å². The van der Waals surface area contributed by atoms with Crippen molar-refractivity contribution >= 4 is 5.91 Å². The molecule has 218 valence electrons. The second-order valence-electron chi connectivity index (χ2n) is 12.0. The Bertz CT molecular complexity index is 1310. The first-order valence-corrected chi connectivity index (χ1v) is 14.5. The van der Waals surface area contributed by atoms with Crippen LogP contribution in [0.3, 0.4) is 0 Å². The largest absolute Gasteiger partial charge is 0.489 e. The van der Waals surface area contributed by atoms with Crippen molar-refractivity contribution in [2.75, 3.05) is 27.2 Å². The van der Waals surface area contributed by atoms with Gasteiger partial charge in [0.1, 0.15) is 29.5 Å². The van der Waals surface area contributed by atoms with E-state index in [4.69, 9.17) is 14.2 Å². The maximum atomic E-state index is 13.6. The van der Waals surface area contributed by atoms with Crippen molar-refractivity contribution in [2.24, 2.45) is 5.92 Å². The molecule has 1 saturated heterocycles. The first-order chi connectivity index (χ1) is 19.7. The molecule has 3 atom stereocenters. The van der Waals surface area contributed by atoms with Gasteiger partial charge in [0, 0.05) is 31.1 Å². The number of rotatable bonds is 10. The molecular weight excluding hydrogens is 519 g/mol. The van der Waals surface area contributed by atoms with Crippen LogP contribution in [0.25, 0.3) is 0 Å². The van der Waals surface area contributed by atoms with Gasteiger partial charge < -0.3 is 24.0 Å². The number of hydrogen-bond acceptors (Lipinski definition) is 5. The van der Waals surface area contributed by atoms with E-state index in [0.29, 0.717) is 26.1 Å². The van der Waals surface area contributed by atoms with Crippen LogP contribution in [0.1, 0.15) is 55.9 Å². The highest BCUT2D eigenvalue weighted by Gasteiger charge is 2.48. The van der Waals surface area contributed by atoms with Crippen LogP contribution in [0.5, 0.6) is 11.5 Å². The smallest absolute Gasteiger partial charge is 0.225 e. The Labute approximate surface area is 243 Å². The number of hydrogen-bond donors (Lipinski definition) is 0. The Balaban J connectivity index is 1.30. The van der Waals surface area contributed by atoms with Crippen molar-refractivity contribution in [3.8, 4) is 11.5 Å². The zero-order valence-corrected chi connectivity index (χ0v) is 24.5. The van der Waals surface area contributed by atoms with Crippen LogP contribution in [-0.2, 0) is 22.7 Å². The summed E-state index contributed by atoms with van der Waals surface area (Å²) in [5, 5.41) is 0. The average molecular weight is 561 g/mol. The summed E-state index contributed by atoms with van der Waals surface area (Å²) in [6.45, 7) is 6.50. The lowest BCUT2D eigenvalue weighted by Gasteiger charge is -2.48. The lowest BCUT2D eigenvalue weighted by Crippen LogP contribution is -2.49. The molecule has 0 saturated carbocycles. The third kappa shape index (κ3) is 7.27. The predicted octanol–water partition coefficient (Wildman–Crippen LogP) is 6.39. The van der Waals surface area contributed by atoms with E-state index >= 15 is 0 Å². The second kappa shape index (κ2) is 12.6. The number of carbonyl (C=O) groups excluding carboxylic acids is 1. The summed E-state index contributed by atoms with van der Waals surface area (Å²) in [6, 6.07) is 22.4. The molecule has 0 N–H and O–H groups in total. The van der Waals surface area contributed by atoms with E-state index in [9.17, 15) is 9.18 Å². The molecule has 5 rings (SSSR count). The van der Waals surface area contributed by atoms with Crippen LogP contribution in [-0.4, -0.2) is 54.6 Å². The van der Waals surface area contributed by atoms with Crippen LogP contribution < -0.4 is 9.47 Å². The number of nitrogens with zero attached hydrogens (tertiary/aromatic N) is 2. The fourth-order valence-corrected chi connectivity index (χ4v) is 5.82. The maximum Gasteiger partial charge on any atom is 0.225 e. The van der Waals surface area contributed by atoms with E-state index in [0.717, 1.165) is 47.6 Å². The van der Waals surface area contributed by atoms with Crippen molar-refractivity contribution in [1.29, 1.82) is 0 Å². The highest BCUT2D eigenvalue weighted by atomic mass is 19.1. The van der Waals surface area contributed by atoms with Gasteiger partial charge in [-0.2, -0.15) is 0 Å². The Morgan fingerprint density at radius 2 is 1.73 bits per heavy atom. The molecule has 1 amide bonds. The molecular formula is C34H41FN2O4. The summed E-state index contributed by atoms with van der Waals surface area (Å²) >= 11 is 0. The molecule has 1 fully saturated rings. The van der Waals surface area contributed by atoms with Crippen molar-refractivity contribution in [2.45, 2.75) is 64.1 Å². The summed E-state index contributed by atoms with van der Waals surface area (Å²) in [6.07, 6.45) is 1.61. The SMILES string of the molecule is CN(C)CCN(Cc1ccc(F)cc1)C(=O)C[C@@H]1CC[C@@H]2[C@@H](O1)c1cc(OCc3ccccc3)ccc1OC2(C)C. The van der Waals surface area contributed by atoms with Gasteiger partial charge in [-0.05, 0) is 82.2 Å². The third-order valence-electron chi connectivity index (χ3n) is 8.17. The molecule has 2 aliphatic heterocycles. The summed E-state index contributed by atoms with van der Waals surface area (Å²) in [5.41, 5.74) is 2.60. The van der Waals surface area contributed by atoms with E-state index in [1.165, 1.54) is 12.1 Å². The van der Waals surface area contributed by atoms with Crippen molar-refractivity contribution in [3.63, 3.8) is 0 Å². The van der Waals surface area contributed by atoms with Crippen molar-refractivity contribution < 1.29 is 23.4 Å². The van der Waals surface area contributed by atoms with Crippen molar-refractivity contribution in [3.05, 3.63) is 95.3 Å². The molecule has 2 heterocycles. The first kappa shape index (κ1) is 29.1. The molecule has 3 aromatic carbocycles.